The number of aliphatic hydroxyl groups is 1. The van der Waals surface area contributed by atoms with Crippen LogP contribution in [-0.4, -0.2) is 74.4 Å². The predicted octanol–water partition coefficient (Wildman–Crippen LogP) is 2.22. The largest absolute Gasteiger partial charge is 0.481 e. The van der Waals surface area contributed by atoms with E-state index in [9.17, 15) is 23.6 Å². The van der Waals surface area contributed by atoms with Crippen LogP contribution in [0.15, 0.2) is 48.5 Å². The fraction of sp³-hybridized carbons (Fsp3) is 0.379. The number of ether oxygens (including phenoxy) is 1. The number of benzene rings is 2. The van der Waals surface area contributed by atoms with E-state index in [1.807, 2.05) is 18.2 Å². The van der Waals surface area contributed by atoms with Gasteiger partial charge in [0.1, 0.15) is 18.2 Å². The quantitative estimate of drug-likeness (QED) is 0.251. The van der Waals surface area contributed by atoms with Crippen molar-refractivity contribution in [2.45, 2.75) is 50.3 Å². The molecule has 1 aliphatic rings. The Morgan fingerprint density at radius 1 is 1.05 bits per heavy atom. The molecule has 0 saturated carbocycles. The monoisotopic (exact) mass is 572 g/mol. The second-order valence-corrected chi connectivity index (χ2v) is 9.66. The zero-order valence-corrected chi connectivity index (χ0v) is 22.5. The first-order valence-corrected chi connectivity index (χ1v) is 12.6. The summed E-state index contributed by atoms with van der Waals surface area (Å²) in [5.74, 6) is -2.12. The maximum absolute atomic E-state index is 13.3. The number of aliphatic carboxylic acids is 3. The fourth-order valence-corrected chi connectivity index (χ4v) is 4.52. The molecule has 3 rings (SSSR count). The van der Waals surface area contributed by atoms with Crippen molar-refractivity contribution in [3.63, 3.8) is 0 Å². The van der Waals surface area contributed by atoms with Crippen molar-refractivity contribution in [1.29, 1.82) is 0 Å². The Kier molecular flexibility index (Phi) is 11.8. The molecule has 1 saturated heterocycles. The molecule has 2 aromatic carbocycles. The first-order valence-electron chi connectivity index (χ1n) is 12.6. The van der Waals surface area contributed by atoms with Crippen LogP contribution in [0.2, 0.25) is 0 Å². The SMILES string of the molecule is C#CCOc1cccc(CN2CCC(NC(C)=O)(c3ccc(F)cc3)CC2)c1.O=C(O)CC(O)(CC(=O)O)C(=O)O. The number of nitrogens with zero attached hydrogens (tertiary/aromatic N) is 1. The highest BCUT2D eigenvalue weighted by molar-refractivity contribution is 5.88. The summed E-state index contributed by atoms with van der Waals surface area (Å²) in [7, 11) is 0. The van der Waals surface area contributed by atoms with Crippen LogP contribution >= 0.6 is 0 Å². The molecule has 0 unspecified atom stereocenters. The van der Waals surface area contributed by atoms with Crippen molar-refractivity contribution in [3.8, 4) is 18.1 Å². The zero-order chi connectivity index (χ0) is 30.6. The van der Waals surface area contributed by atoms with Gasteiger partial charge in [0.2, 0.25) is 5.91 Å². The van der Waals surface area contributed by atoms with Crippen molar-refractivity contribution < 1.29 is 48.7 Å². The Balaban J connectivity index is 0.000000383. The standard InChI is InChI=1S/C23H25FN2O2.C6H8O7/c1-3-15-28-22-6-4-5-19(16-22)17-26-13-11-23(12-14-26,25-18(2)27)20-7-9-21(24)10-8-20;7-3(8)1-6(13,5(11)12)2-4(9)10/h1,4-10,16H,11-15,17H2,2H3,(H,25,27);13H,1-2H2,(H,7,8)(H,9,10)(H,11,12). The van der Waals surface area contributed by atoms with Gasteiger partial charge in [0, 0.05) is 26.6 Å². The third kappa shape index (κ3) is 10.2. The van der Waals surface area contributed by atoms with E-state index in [1.165, 1.54) is 19.1 Å². The summed E-state index contributed by atoms with van der Waals surface area (Å²) in [5.41, 5.74) is -1.08. The topological polar surface area (TPSA) is 174 Å². The molecule has 1 fully saturated rings. The van der Waals surface area contributed by atoms with Crippen LogP contribution in [0.25, 0.3) is 0 Å². The smallest absolute Gasteiger partial charge is 0.336 e. The van der Waals surface area contributed by atoms with E-state index >= 15 is 0 Å². The second kappa shape index (κ2) is 14.8. The van der Waals surface area contributed by atoms with Crippen molar-refractivity contribution in [1.82, 2.24) is 10.2 Å². The third-order valence-corrected chi connectivity index (χ3v) is 6.43. The normalized spacial score (nSPS) is 14.5. The number of piperidine rings is 1. The lowest BCUT2D eigenvalue weighted by molar-refractivity contribution is -0.170. The summed E-state index contributed by atoms with van der Waals surface area (Å²) in [5, 5.41) is 36.9. The number of halogens is 1. The molecule has 1 aliphatic heterocycles. The Labute approximate surface area is 236 Å². The van der Waals surface area contributed by atoms with Gasteiger partial charge in [-0.2, -0.15) is 0 Å². The predicted molar refractivity (Wildman–Crippen MR) is 144 cm³/mol. The zero-order valence-electron chi connectivity index (χ0n) is 22.5. The van der Waals surface area contributed by atoms with E-state index in [-0.39, 0.29) is 18.3 Å². The van der Waals surface area contributed by atoms with Gasteiger partial charge >= 0.3 is 17.9 Å². The molecule has 5 N–H and O–H groups in total. The molecular weight excluding hydrogens is 539 g/mol. The maximum Gasteiger partial charge on any atom is 0.336 e. The van der Waals surface area contributed by atoms with E-state index in [0.717, 1.165) is 49.4 Å². The lowest BCUT2D eigenvalue weighted by atomic mass is 9.80. The van der Waals surface area contributed by atoms with Crippen LogP contribution < -0.4 is 10.1 Å². The molecule has 0 atom stereocenters. The molecular formula is C29H33FN2O9. The Hall–Kier alpha value is -4.47. The average molecular weight is 573 g/mol. The molecule has 0 aromatic heterocycles. The molecule has 0 radical (unpaired) electrons. The number of rotatable bonds is 11. The highest BCUT2D eigenvalue weighted by atomic mass is 19.1. The number of hydrogen-bond donors (Lipinski definition) is 5. The van der Waals surface area contributed by atoms with Gasteiger partial charge < -0.3 is 30.5 Å². The minimum atomic E-state index is -2.74. The Morgan fingerprint density at radius 2 is 1.63 bits per heavy atom. The number of terminal acetylenes is 1. The van der Waals surface area contributed by atoms with Crippen LogP contribution in [0.5, 0.6) is 5.75 Å². The van der Waals surface area contributed by atoms with Gasteiger partial charge in [0.15, 0.2) is 5.60 Å². The average Bonchev–Trinajstić information content (AvgIpc) is 2.88. The van der Waals surface area contributed by atoms with Gasteiger partial charge in [0.05, 0.1) is 18.4 Å². The number of likely N-dealkylation sites (tertiary alicyclic amines) is 1. The molecule has 1 amide bonds. The molecule has 41 heavy (non-hydrogen) atoms. The van der Waals surface area contributed by atoms with Crippen LogP contribution in [0.3, 0.4) is 0 Å². The second-order valence-electron chi connectivity index (χ2n) is 9.66. The van der Waals surface area contributed by atoms with Crippen LogP contribution in [-0.2, 0) is 31.3 Å². The summed E-state index contributed by atoms with van der Waals surface area (Å²) in [6, 6.07) is 14.4. The molecule has 11 nitrogen and oxygen atoms in total. The fourth-order valence-electron chi connectivity index (χ4n) is 4.52. The first-order chi connectivity index (χ1) is 19.3. The number of hydrogen-bond acceptors (Lipinski definition) is 7. The molecule has 0 bridgehead atoms. The molecule has 2 aromatic rings. The van der Waals surface area contributed by atoms with Crippen molar-refractivity contribution >= 4 is 23.8 Å². The molecule has 0 aliphatic carbocycles. The summed E-state index contributed by atoms with van der Waals surface area (Å²) < 4.78 is 18.8. The highest BCUT2D eigenvalue weighted by Gasteiger charge is 2.41. The number of nitrogens with one attached hydrogen (secondary N) is 1. The summed E-state index contributed by atoms with van der Waals surface area (Å²) in [6.45, 7) is 4.23. The van der Waals surface area contributed by atoms with Crippen molar-refractivity contribution in [2.75, 3.05) is 19.7 Å². The van der Waals surface area contributed by atoms with Gasteiger partial charge in [-0.3, -0.25) is 19.3 Å². The number of carbonyl (C=O) groups is 4. The number of carboxylic acid groups (broad SMARTS) is 3. The van der Waals surface area contributed by atoms with Gasteiger partial charge in [-0.1, -0.05) is 30.2 Å². The van der Waals surface area contributed by atoms with Crippen LogP contribution in [0.1, 0.15) is 43.7 Å². The van der Waals surface area contributed by atoms with Crippen LogP contribution in [0, 0.1) is 18.2 Å². The molecule has 12 heteroatoms. The lowest BCUT2D eigenvalue weighted by Gasteiger charge is -2.42. The van der Waals surface area contributed by atoms with Crippen LogP contribution in [0.4, 0.5) is 4.39 Å². The third-order valence-electron chi connectivity index (χ3n) is 6.43. The Morgan fingerprint density at radius 3 is 2.12 bits per heavy atom. The van der Waals surface area contributed by atoms with E-state index in [0.29, 0.717) is 0 Å². The summed E-state index contributed by atoms with van der Waals surface area (Å²) in [6.07, 6.45) is 4.50. The minimum absolute atomic E-state index is 0.0730. The lowest BCUT2D eigenvalue weighted by Crippen LogP contribution is -2.52. The van der Waals surface area contributed by atoms with E-state index in [4.69, 9.17) is 31.6 Å². The molecule has 220 valence electrons. The minimum Gasteiger partial charge on any atom is -0.481 e. The van der Waals surface area contributed by atoms with E-state index in [1.54, 1.807) is 12.1 Å². The van der Waals surface area contributed by atoms with Gasteiger partial charge in [0.25, 0.3) is 0 Å². The summed E-state index contributed by atoms with van der Waals surface area (Å²) >= 11 is 0. The summed E-state index contributed by atoms with van der Waals surface area (Å²) in [4.78, 5) is 44.7. The van der Waals surface area contributed by atoms with Crippen molar-refractivity contribution in [2.24, 2.45) is 0 Å². The van der Waals surface area contributed by atoms with Gasteiger partial charge in [-0.05, 0) is 48.2 Å². The van der Waals surface area contributed by atoms with E-state index in [2.05, 4.69) is 22.2 Å². The number of amides is 1. The number of carbonyl (C=O) groups excluding carboxylic acids is 1. The molecule has 1 heterocycles. The molecule has 0 spiro atoms. The van der Waals surface area contributed by atoms with Gasteiger partial charge in [-0.15, -0.1) is 6.42 Å². The maximum atomic E-state index is 13.3. The Bertz CT molecular complexity index is 1250. The van der Waals surface area contributed by atoms with Gasteiger partial charge in [-0.25, -0.2) is 9.18 Å². The van der Waals surface area contributed by atoms with Crippen molar-refractivity contribution in [3.05, 3.63) is 65.5 Å². The highest BCUT2D eigenvalue weighted by Crippen LogP contribution is 2.34. The number of carboxylic acids is 3. The van der Waals surface area contributed by atoms with E-state index < -0.39 is 41.9 Å². The first kappa shape index (κ1) is 32.7.